The Balaban J connectivity index is 2.44. The van der Waals surface area contributed by atoms with Crippen LogP contribution in [-0.4, -0.2) is 44.2 Å². The second-order valence-corrected chi connectivity index (χ2v) is 5.57. The number of Topliss-reactive ketones (excluding diaryl/α,β-unsaturated/α-hetero) is 1. The Kier molecular flexibility index (Phi) is 5.16. The van der Waals surface area contributed by atoms with Crippen LogP contribution in [0.25, 0.3) is 0 Å². The van der Waals surface area contributed by atoms with Gasteiger partial charge in [0.1, 0.15) is 0 Å². The second kappa shape index (κ2) is 7.12. The highest BCUT2D eigenvalue weighted by Gasteiger charge is 2.42. The van der Waals surface area contributed by atoms with Crippen LogP contribution in [0.3, 0.4) is 0 Å². The molecule has 132 valence electrons. The average molecular weight is 348 g/mol. The predicted octanol–water partition coefficient (Wildman–Crippen LogP) is 1.74. The Morgan fingerprint density at radius 2 is 2.04 bits per heavy atom. The quantitative estimate of drug-likeness (QED) is 0.565. The molecule has 0 spiro atoms. The number of non-ortho nitro benzene ring substituents is 1. The van der Waals surface area contributed by atoms with Gasteiger partial charge in [-0.1, -0.05) is 12.1 Å². The van der Waals surface area contributed by atoms with E-state index in [0.717, 1.165) is 4.90 Å². The Labute approximate surface area is 142 Å². The van der Waals surface area contributed by atoms with E-state index >= 15 is 0 Å². The number of carboxylic acid groups (broad SMARTS) is 1. The van der Waals surface area contributed by atoms with Crippen molar-refractivity contribution in [1.29, 1.82) is 0 Å². The van der Waals surface area contributed by atoms with Crippen molar-refractivity contribution in [2.45, 2.75) is 25.8 Å². The van der Waals surface area contributed by atoms with Crippen molar-refractivity contribution in [2.24, 2.45) is 0 Å². The van der Waals surface area contributed by atoms with Gasteiger partial charge in [-0.15, -0.1) is 0 Å². The van der Waals surface area contributed by atoms with Crippen LogP contribution in [0, 0.1) is 10.1 Å². The van der Waals surface area contributed by atoms with Crippen LogP contribution in [0.4, 0.5) is 5.69 Å². The number of benzene rings is 1. The molecule has 1 heterocycles. The Bertz CT molecular complexity index is 784. The lowest BCUT2D eigenvalue weighted by Crippen LogP contribution is -2.32. The first-order valence-corrected chi connectivity index (χ1v) is 7.45. The van der Waals surface area contributed by atoms with Gasteiger partial charge in [0, 0.05) is 25.1 Å². The first-order chi connectivity index (χ1) is 11.7. The van der Waals surface area contributed by atoms with E-state index < -0.39 is 34.4 Å². The van der Waals surface area contributed by atoms with E-state index in [4.69, 9.17) is 5.11 Å². The second-order valence-electron chi connectivity index (χ2n) is 5.57. The molecule has 0 saturated carbocycles. The highest BCUT2D eigenvalue weighted by atomic mass is 16.6. The molecule has 1 atom stereocenters. The summed E-state index contributed by atoms with van der Waals surface area (Å²) >= 11 is 0. The highest BCUT2D eigenvalue weighted by molar-refractivity contribution is 6.08. The number of aliphatic carboxylic acids is 1. The summed E-state index contributed by atoms with van der Waals surface area (Å²) in [5.41, 5.74) is -0.0716. The third kappa shape index (κ3) is 3.65. The highest BCUT2D eigenvalue weighted by Crippen LogP contribution is 2.38. The van der Waals surface area contributed by atoms with Crippen molar-refractivity contribution in [3.8, 4) is 0 Å². The van der Waals surface area contributed by atoms with Crippen LogP contribution in [0.2, 0.25) is 0 Å². The summed E-state index contributed by atoms with van der Waals surface area (Å²) < 4.78 is 0. The van der Waals surface area contributed by atoms with Gasteiger partial charge in [-0.05, 0) is 18.9 Å². The summed E-state index contributed by atoms with van der Waals surface area (Å²) in [7, 11) is 0. The van der Waals surface area contributed by atoms with Gasteiger partial charge in [0.2, 0.25) is 0 Å². The van der Waals surface area contributed by atoms with Crippen molar-refractivity contribution in [3.05, 3.63) is 51.3 Å². The first kappa shape index (κ1) is 18.1. The van der Waals surface area contributed by atoms with E-state index in [1.165, 1.54) is 31.2 Å². The molecule has 0 unspecified atom stereocenters. The summed E-state index contributed by atoms with van der Waals surface area (Å²) in [6, 6.07) is 4.44. The smallest absolute Gasteiger partial charge is 0.303 e. The van der Waals surface area contributed by atoms with Crippen LogP contribution in [0.15, 0.2) is 35.6 Å². The zero-order valence-corrected chi connectivity index (χ0v) is 13.3. The molecular weight excluding hydrogens is 332 g/mol. The molecule has 1 aliphatic rings. The normalized spacial score (nSPS) is 17.1. The van der Waals surface area contributed by atoms with Gasteiger partial charge < -0.3 is 15.1 Å². The van der Waals surface area contributed by atoms with Crippen LogP contribution in [0.5, 0.6) is 0 Å². The molecule has 25 heavy (non-hydrogen) atoms. The molecule has 0 aliphatic carbocycles. The van der Waals surface area contributed by atoms with E-state index in [1.54, 1.807) is 0 Å². The van der Waals surface area contributed by atoms with E-state index in [1.807, 2.05) is 0 Å². The maximum Gasteiger partial charge on any atom is 0.303 e. The van der Waals surface area contributed by atoms with Gasteiger partial charge in [0.05, 0.1) is 16.5 Å². The van der Waals surface area contributed by atoms with Crippen LogP contribution in [0.1, 0.15) is 31.4 Å². The molecule has 1 aromatic rings. The molecular formula is C16H16N2O7. The van der Waals surface area contributed by atoms with Crippen molar-refractivity contribution in [3.63, 3.8) is 0 Å². The number of aliphatic hydroxyl groups excluding tert-OH is 1. The van der Waals surface area contributed by atoms with E-state index in [9.17, 15) is 29.6 Å². The fourth-order valence-corrected chi connectivity index (χ4v) is 2.80. The molecule has 0 aromatic heterocycles. The SMILES string of the molecule is CC(=O)C1=C(O)C(=O)N(CCCC(=O)O)[C@@H]1c1cccc([N+](=O)[O-])c1. The minimum Gasteiger partial charge on any atom is -0.503 e. The predicted molar refractivity (Wildman–Crippen MR) is 84.8 cm³/mol. The van der Waals surface area contributed by atoms with E-state index in [-0.39, 0.29) is 30.6 Å². The van der Waals surface area contributed by atoms with Crippen LogP contribution < -0.4 is 0 Å². The minimum absolute atomic E-state index is 0.0146. The Hall–Kier alpha value is -3.23. The van der Waals surface area contributed by atoms with Crippen LogP contribution >= 0.6 is 0 Å². The molecule has 1 aromatic carbocycles. The maximum absolute atomic E-state index is 12.3. The minimum atomic E-state index is -1.04. The molecule has 1 aliphatic heterocycles. The monoisotopic (exact) mass is 348 g/mol. The molecule has 0 fully saturated rings. The first-order valence-electron chi connectivity index (χ1n) is 7.45. The number of hydrogen-bond donors (Lipinski definition) is 2. The fourth-order valence-electron chi connectivity index (χ4n) is 2.80. The lowest BCUT2D eigenvalue weighted by atomic mass is 9.96. The molecule has 9 nitrogen and oxygen atoms in total. The summed E-state index contributed by atoms with van der Waals surface area (Å²) in [6.45, 7) is 1.17. The number of amides is 1. The molecule has 2 rings (SSSR count). The zero-order chi connectivity index (χ0) is 18.7. The van der Waals surface area contributed by atoms with E-state index in [2.05, 4.69) is 0 Å². The molecule has 0 radical (unpaired) electrons. The standard InChI is InChI=1S/C16H16N2O7/c1-9(19)13-14(10-4-2-5-11(8-10)18(24)25)17(16(23)15(13)22)7-3-6-12(20)21/h2,4-5,8,14,22H,3,6-7H2,1H3,(H,20,21)/t14-/m1/s1. The van der Waals surface area contributed by atoms with Crippen LogP contribution in [-0.2, 0) is 14.4 Å². The summed E-state index contributed by atoms with van der Waals surface area (Å²) in [5.74, 6) is -3.09. The molecule has 1 amide bonds. The van der Waals surface area contributed by atoms with Crippen molar-refractivity contribution < 1.29 is 29.5 Å². The average Bonchev–Trinajstić information content (AvgIpc) is 2.79. The fraction of sp³-hybridized carbons (Fsp3) is 0.312. The third-order valence-corrected chi connectivity index (χ3v) is 3.87. The number of carbonyl (C=O) groups excluding carboxylic acids is 2. The van der Waals surface area contributed by atoms with Crippen molar-refractivity contribution >= 4 is 23.3 Å². The lowest BCUT2D eigenvalue weighted by molar-refractivity contribution is -0.384. The number of ketones is 1. The summed E-state index contributed by atoms with van der Waals surface area (Å²) in [5, 5.41) is 29.7. The largest absolute Gasteiger partial charge is 0.503 e. The molecule has 2 N–H and O–H groups in total. The van der Waals surface area contributed by atoms with Gasteiger partial charge in [0.15, 0.2) is 11.5 Å². The van der Waals surface area contributed by atoms with Gasteiger partial charge in [-0.25, -0.2) is 0 Å². The lowest BCUT2D eigenvalue weighted by Gasteiger charge is -2.26. The number of aliphatic hydroxyl groups is 1. The summed E-state index contributed by atoms with van der Waals surface area (Å²) in [6.07, 6.45) is -0.0768. The number of nitrogens with zero attached hydrogens (tertiary/aromatic N) is 2. The molecule has 9 heteroatoms. The number of carboxylic acids is 1. The van der Waals surface area contributed by atoms with Gasteiger partial charge in [-0.3, -0.25) is 24.5 Å². The number of hydrogen-bond acceptors (Lipinski definition) is 6. The van der Waals surface area contributed by atoms with Crippen molar-refractivity contribution in [2.75, 3.05) is 6.54 Å². The Morgan fingerprint density at radius 1 is 1.36 bits per heavy atom. The Morgan fingerprint density at radius 3 is 2.60 bits per heavy atom. The van der Waals surface area contributed by atoms with Crippen molar-refractivity contribution in [1.82, 2.24) is 4.90 Å². The number of rotatable bonds is 7. The molecule has 0 saturated heterocycles. The van der Waals surface area contributed by atoms with Gasteiger partial charge >= 0.3 is 5.97 Å². The molecule has 0 bridgehead atoms. The number of nitro benzene ring substituents is 1. The zero-order valence-electron chi connectivity index (χ0n) is 13.3. The number of nitro groups is 1. The topological polar surface area (TPSA) is 138 Å². The van der Waals surface area contributed by atoms with Gasteiger partial charge in [-0.2, -0.15) is 0 Å². The summed E-state index contributed by atoms with van der Waals surface area (Å²) in [4.78, 5) is 46.4. The maximum atomic E-state index is 12.3. The van der Waals surface area contributed by atoms with Gasteiger partial charge in [0.25, 0.3) is 11.6 Å². The number of carbonyl (C=O) groups is 3. The van der Waals surface area contributed by atoms with E-state index in [0.29, 0.717) is 5.56 Å². The third-order valence-electron chi connectivity index (χ3n) is 3.87.